The lowest BCUT2D eigenvalue weighted by atomic mass is 9.53. The van der Waals surface area contributed by atoms with Gasteiger partial charge < -0.3 is 9.47 Å². The average Bonchev–Trinajstić information content (AvgIpc) is 2.89. The van der Waals surface area contributed by atoms with E-state index in [0.717, 1.165) is 43.3 Å². The standard InChI is InChI=1S/C29H40N2O6/c1-34-29(23-13-19-12-20(15-23)16-24(29)14-19)37-36-26-8-4-22(5-9-26)21-2-6-25(7-3-21)35-11-10-31-17-27(32)30-28(33)18-31/h2-3,6-7,19-20,22-24,26H,4-5,8-18H2,1H3,(H,30,32,33). The van der Waals surface area contributed by atoms with Crippen molar-refractivity contribution >= 4 is 11.8 Å². The Balaban J connectivity index is 0.944. The molecule has 37 heavy (non-hydrogen) atoms. The number of piperazine rings is 1. The number of hydrogen-bond donors (Lipinski definition) is 1. The zero-order valence-electron chi connectivity index (χ0n) is 21.9. The van der Waals surface area contributed by atoms with Crippen molar-refractivity contribution in [1.29, 1.82) is 0 Å². The Kier molecular flexibility index (Phi) is 7.27. The first kappa shape index (κ1) is 25.3. The van der Waals surface area contributed by atoms with Crippen LogP contribution in [0, 0.1) is 23.7 Å². The highest BCUT2D eigenvalue weighted by Crippen LogP contribution is 2.60. The van der Waals surface area contributed by atoms with Crippen molar-refractivity contribution < 1.29 is 28.8 Å². The van der Waals surface area contributed by atoms with Gasteiger partial charge in [0.25, 0.3) is 0 Å². The van der Waals surface area contributed by atoms with Gasteiger partial charge in [0.05, 0.1) is 19.2 Å². The molecule has 5 saturated carbocycles. The predicted molar refractivity (Wildman–Crippen MR) is 135 cm³/mol. The Morgan fingerprint density at radius 1 is 0.892 bits per heavy atom. The summed E-state index contributed by atoms with van der Waals surface area (Å²) in [5.41, 5.74) is 1.33. The molecule has 8 nitrogen and oxygen atoms in total. The Hall–Kier alpha value is -2.00. The van der Waals surface area contributed by atoms with Crippen LogP contribution in [0.2, 0.25) is 0 Å². The van der Waals surface area contributed by atoms with E-state index in [2.05, 4.69) is 17.4 Å². The summed E-state index contributed by atoms with van der Waals surface area (Å²) in [6.45, 7) is 1.45. The maximum Gasteiger partial charge on any atom is 0.240 e. The third-order valence-corrected chi connectivity index (χ3v) is 9.62. The first-order valence-corrected chi connectivity index (χ1v) is 14.2. The molecule has 0 aromatic heterocycles. The molecule has 4 bridgehead atoms. The third-order valence-electron chi connectivity index (χ3n) is 9.62. The maximum absolute atomic E-state index is 11.5. The first-order valence-electron chi connectivity index (χ1n) is 14.2. The molecule has 0 radical (unpaired) electrons. The van der Waals surface area contributed by atoms with Crippen molar-refractivity contribution in [3.63, 3.8) is 0 Å². The Morgan fingerprint density at radius 3 is 2.11 bits per heavy atom. The van der Waals surface area contributed by atoms with Gasteiger partial charge in [-0.25, -0.2) is 9.78 Å². The number of imide groups is 1. The van der Waals surface area contributed by atoms with Crippen LogP contribution in [-0.2, 0) is 24.1 Å². The van der Waals surface area contributed by atoms with E-state index in [4.69, 9.17) is 19.2 Å². The van der Waals surface area contributed by atoms with Gasteiger partial charge in [-0.05, 0) is 93.2 Å². The van der Waals surface area contributed by atoms with E-state index in [1.807, 2.05) is 19.2 Å². The lowest BCUT2D eigenvalue weighted by Crippen LogP contribution is -2.60. The van der Waals surface area contributed by atoms with Gasteiger partial charge in [0.2, 0.25) is 17.6 Å². The van der Waals surface area contributed by atoms with E-state index in [1.54, 1.807) is 4.90 Å². The lowest BCUT2D eigenvalue weighted by molar-refractivity contribution is -0.485. The number of carbonyl (C=O) groups excluding carboxylic acids is 2. The smallest absolute Gasteiger partial charge is 0.240 e. The average molecular weight is 513 g/mol. The number of nitrogens with zero attached hydrogens (tertiary/aromatic N) is 1. The molecule has 0 spiro atoms. The number of carbonyl (C=O) groups is 2. The molecule has 1 aliphatic heterocycles. The molecular weight excluding hydrogens is 472 g/mol. The molecule has 6 fully saturated rings. The molecule has 8 heteroatoms. The van der Waals surface area contributed by atoms with Gasteiger partial charge in [-0.1, -0.05) is 12.1 Å². The molecule has 1 aromatic rings. The Labute approximate surface area is 219 Å². The van der Waals surface area contributed by atoms with Gasteiger partial charge in [0.1, 0.15) is 12.4 Å². The molecule has 1 saturated heterocycles. The summed E-state index contributed by atoms with van der Waals surface area (Å²) < 4.78 is 11.9. The number of methoxy groups -OCH3 is 1. The highest BCUT2D eigenvalue weighted by atomic mass is 17.2. The fourth-order valence-corrected chi connectivity index (χ4v) is 7.96. The van der Waals surface area contributed by atoms with E-state index in [9.17, 15) is 9.59 Å². The van der Waals surface area contributed by atoms with Gasteiger partial charge >= 0.3 is 0 Å². The van der Waals surface area contributed by atoms with Crippen LogP contribution < -0.4 is 10.1 Å². The highest BCUT2D eigenvalue weighted by molar-refractivity contribution is 5.99. The van der Waals surface area contributed by atoms with E-state index in [1.165, 1.54) is 37.7 Å². The zero-order valence-corrected chi connectivity index (χ0v) is 21.9. The van der Waals surface area contributed by atoms with Crippen LogP contribution in [0.1, 0.15) is 69.3 Å². The van der Waals surface area contributed by atoms with Crippen LogP contribution in [0.3, 0.4) is 0 Å². The molecule has 1 aromatic carbocycles. The summed E-state index contributed by atoms with van der Waals surface area (Å²) in [5, 5.41) is 2.31. The molecule has 1 heterocycles. The minimum atomic E-state index is -0.532. The number of ether oxygens (including phenoxy) is 2. The van der Waals surface area contributed by atoms with Crippen LogP contribution >= 0.6 is 0 Å². The maximum atomic E-state index is 11.5. The minimum absolute atomic E-state index is 0.131. The fourth-order valence-electron chi connectivity index (χ4n) is 7.96. The van der Waals surface area contributed by atoms with Crippen LogP contribution in [0.4, 0.5) is 0 Å². The fraction of sp³-hybridized carbons (Fsp3) is 0.724. The molecule has 202 valence electrons. The summed E-state index contributed by atoms with van der Waals surface area (Å²) in [5.74, 6) is 2.98. The molecule has 0 unspecified atom stereocenters. The molecule has 5 aliphatic carbocycles. The molecular formula is C29H40N2O6. The van der Waals surface area contributed by atoms with Crippen LogP contribution in [0.5, 0.6) is 5.75 Å². The summed E-state index contributed by atoms with van der Waals surface area (Å²) in [6, 6.07) is 8.35. The Morgan fingerprint density at radius 2 is 1.51 bits per heavy atom. The topological polar surface area (TPSA) is 86.3 Å². The summed E-state index contributed by atoms with van der Waals surface area (Å²) in [4.78, 5) is 37.1. The minimum Gasteiger partial charge on any atom is -0.492 e. The zero-order chi connectivity index (χ0) is 25.4. The summed E-state index contributed by atoms with van der Waals surface area (Å²) >= 11 is 0. The number of benzene rings is 1. The van der Waals surface area contributed by atoms with Gasteiger partial charge in [0.15, 0.2) is 0 Å². The number of nitrogens with one attached hydrogen (secondary N) is 1. The predicted octanol–water partition coefficient (Wildman–Crippen LogP) is 3.80. The molecule has 6 aliphatic rings. The number of rotatable bonds is 9. The van der Waals surface area contributed by atoms with Crippen molar-refractivity contribution in [1.82, 2.24) is 10.2 Å². The molecule has 2 amide bonds. The first-order chi connectivity index (χ1) is 18.0. The second-order valence-corrected chi connectivity index (χ2v) is 12.0. The summed E-state index contributed by atoms with van der Waals surface area (Å²) in [7, 11) is 1.81. The normalized spacial score (nSPS) is 37.5. The van der Waals surface area contributed by atoms with E-state index < -0.39 is 5.79 Å². The van der Waals surface area contributed by atoms with Crippen LogP contribution in [0.15, 0.2) is 24.3 Å². The molecule has 0 atom stereocenters. The monoisotopic (exact) mass is 512 g/mol. The second-order valence-electron chi connectivity index (χ2n) is 12.0. The van der Waals surface area contributed by atoms with Crippen molar-refractivity contribution in [2.24, 2.45) is 23.7 Å². The molecule has 1 N–H and O–H groups in total. The van der Waals surface area contributed by atoms with E-state index in [-0.39, 0.29) is 31.0 Å². The number of amides is 2. The van der Waals surface area contributed by atoms with Crippen molar-refractivity contribution in [3.05, 3.63) is 29.8 Å². The third kappa shape index (κ3) is 5.31. The molecule has 7 rings (SSSR count). The lowest BCUT2D eigenvalue weighted by Gasteiger charge is -2.58. The summed E-state index contributed by atoms with van der Waals surface area (Å²) in [6.07, 6.45) is 10.6. The Bertz CT molecular complexity index is 929. The highest BCUT2D eigenvalue weighted by Gasteiger charge is 2.60. The SMILES string of the molecule is COC1(OOC2CCC(c3ccc(OCCN4CC(=O)NC(=O)C4)cc3)CC2)C2CC3CC(C2)CC1C3. The van der Waals surface area contributed by atoms with Crippen molar-refractivity contribution in [2.45, 2.75) is 75.6 Å². The quantitative estimate of drug-likeness (QED) is 0.233. The van der Waals surface area contributed by atoms with Gasteiger partial charge in [-0.15, -0.1) is 0 Å². The van der Waals surface area contributed by atoms with E-state index in [0.29, 0.717) is 30.9 Å². The largest absolute Gasteiger partial charge is 0.492 e. The second kappa shape index (κ2) is 10.6. The van der Waals surface area contributed by atoms with Gasteiger partial charge in [-0.2, -0.15) is 0 Å². The van der Waals surface area contributed by atoms with Crippen LogP contribution in [-0.4, -0.2) is 62.0 Å². The van der Waals surface area contributed by atoms with Crippen molar-refractivity contribution in [3.8, 4) is 5.75 Å². The van der Waals surface area contributed by atoms with E-state index >= 15 is 0 Å². The van der Waals surface area contributed by atoms with Crippen LogP contribution in [0.25, 0.3) is 0 Å². The van der Waals surface area contributed by atoms with Crippen molar-refractivity contribution in [2.75, 3.05) is 33.4 Å². The number of hydrogen-bond acceptors (Lipinski definition) is 7. The van der Waals surface area contributed by atoms with Gasteiger partial charge in [0, 0.05) is 25.5 Å². The van der Waals surface area contributed by atoms with Gasteiger partial charge in [-0.3, -0.25) is 19.8 Å².